The lowest BCUT2D eigenvalue weighted by atomic mass is 10.1. The molecule has 4 rings (SSSR count). The second-order valence-corrected chi connectivity index (χ2v) is 5.96. The van der Waals surface area contributed by atoms with Gasteiger partial charge in [-0.05, 0) is 23.8 Å². The van der Waals surface area contributed by atoms with Crippen LogP contribution in [0.4, 0.5) is 0 Å². The molecule has 3 aromatic heterocycles. The SMILES string of the molecule is O=C1CC(c2ncc(-c3cccnc3)[nH]2)CN1Cc1cccnc1. The first kappa shape index (κ1) is 14.6. The van der Waals surface area contributed by atoms with Crippen molar-refractivity contribution < 1.29 is 4.79 Å². The van der Waals surface area contributed by atoms with E-state index in [4.69, 9.17) is 0 Å². The maximum atomic E-state index is 12.3. The third-order valence-electron chi connectivity index (χ3n) is 4.27. The lowest BCUT2D eigenvalue weighted by Crippen LogP contribution is -2.24. The minimum absolute atomic E-state index is 0.0968. The van der Waals surface area contributed by atoms with Crippen LogP contribution < -0.4 is 0 Å². The van der Waals surface area contributed by atoms with Crippen LogP contribution in [-0.2, 0) is 11.3 Å². The smallest absolute Gasteiger partial charge is 0.223 e. The topological polar surface area (TPSA) is 74.8 Å². The highest BCUT2D eigenvalue weighted by Crippen LogP contribution is 2.28. The summed E-state index contributed by atoms with van der Waals surface area (Å²) in [5, 5.41) is 0. The van der Waals surface area contributed by atoms with Crippen molar-refractivity contribution in [2.24, 2.45) is 0 Å². The lowest BCUT2D eigenvalue weighted by Gasteiger charge is -2.15. The molecule has 1 saturated heterocycles. The number of H-pyrrole nitrogens is 1. The van der Waals surface area contributed by atoms with Gasteiger partial charge in [0.15, 0.2) is 0 Å². The number of pyridine rings is 2. The van der Waals surface area contributed by atoms with Crippen molar-refractivity contribution >= 4 is 5.91 Å². The van der Waals surface area contributed by atoms with Gasteiger partial charge in [0, 0.05) is 55.8 Å². The summed E-state index contributed by atoms with van der Waals surface area (Å²) in [7, 11) is 0. The van der Waals surface area contributed by atoms with E-state index in [1.807, 2.05) is 29.2 Å². The Balaban J connectivity index is 1.48. The van der Waals surface area contributed by atoms with Crippen LogP contribution in [-0.4, -0.2) is 37.3 Å². The number of carbonyl (C=O) groups excluding carboxylic acids is 1. The number of nitrogens with one attached hydrogen (secondary N) is 1. The number of rotatable bonds is 4. The van der Waals surface area contributed by atoms with Gasteiger partial charge in [-0.15, -0.1) is 0 Å². The molecule has 1 aliphatic heterocycles. The zero-order chi connectivity index (χ0) is 16.4. The summed E-state index contributed by atoms with van der Waals surface area (Å²) in [6.07, 6.45) is 9.37. The Morgan fingerprint density at radius 2 is 1.96 bits per heavy atom. The van der Waals surface area contributed by atoms with Gasteiger partial charge in [0.1, 0.15) is 5.82 Å². The lowest BCUT2D eigenvalue weighted by molar-refractivity contribution is -0.128. The van der Waals surface area contributed by atoms with Crippen LogP contribution in [0, 0.1) is 0 Å². The first-order valence-electron chi connectivity index (χ1n) is 7.91. The van der Waals surface area contributed by atoms with Crippen LogP contribution in [0.3, 0.4) is 0 Å². The fraction of sp³-hybridized carbons (Fsp3) is 0.222. The minimum atomic E-state index is 0.0968. The van der Waals surface area contributed by atoms with E-state index in [0.29, 0.717) is 19.5 Å². The molecule has 1 aliphatic rings. The first-order valence-corrected chi connectivity index (χ1v) is 7.91. The molecule has 24 heavy (non-hydrogen) atoms. The Bertz CT molecular complexity index is 831. The van der Waals surface area contributed by atoms with E-state index < -0.39 is 0 Å². The van der Waals surface area contributed by atoms with Crippen molar-refractivity contribution in [1.29, 1.82) is 0 Å². The van der Waals surface area contributed by atoms with Gasteiger partial charge in [0.25, 0.3) is 0 Å². The average Bonchev–Trinajstić information content (AvgIpc) is 3.24. The number of amides is 1. The van der Waals surface area contributed by atoms with Crippen LogP contribution in [0.1, 0.15) is 23.7 Å². The number of likely N-dealkylation sites (tertiary alicyclic amines) is 1. The molecule has 0 radical (unpaired) electrons. The third-order valence-corrected chi connectivity index (χ3v) is 4.27. The zero-order valence-electron chi connectivity index (χ0n) is 13.1. The summed E-state index contributed by atoms with van der Waals surface area (Å²) >= 11 is 0. The van der Waals surface area contributed by atoms with Crippen molar-refractivity contribution in [3.63, 3.8) is 0 Å². The van der Waals surface area contributed by atoms with Gasteiger partial charge in [-0.25, -0.2) is 4.98 Å². The Kier molecular flexibility index (Phi) is 3.78. The van der Waals surface area contributed by atoms with Crippen molar-refractivity contribution in [3.8, 4) is 11.3 Å². The predicted molar refractivity (Wildman–Crippen MR) is 88.8 cm³/mol. The molecule has 1 fully saturated rings. The molecule has 1 unspecified atom stereocenters. The highest BCUT2D eigenvalue weighted by Gasteiger charge is 2.32. The molecule has 0 aliphatic carbocycles. The third kappa shape index (κ3) is 2.90. The first-order chi connectivity index (χ1) is 11.8. The molecule has 1 atom stereocenters. The van der Waals surface area contributed by atoms with Gasteiger partial charge in [-0.2, -0.15) is 0 Å². The van der Waals surface area contributed by atoms with Crippen LogP contribution >= 0.6 is 0 Å². The second kappa shape index (κ2) is 6.23. The Morgan fingerprint density at radius 3 is 2.71 bits per heavy atom. The monoisotopic (exact) mass is 319 g/mol. The normalized spacial score (nSPS) is 17.4. The molecular weight excluding hydrogens is 302 g/mol. The fourth-order valence-electron chi connectivity index (χ4n) is 3.03. The van der Waals surface area contributed by atoms with Crippen LogP contribution in [0.5, 0.6) is 0 Å². The summed E-state index contributed by atoms with van der Waals surface area (Å²) in [5.74, 6) is 1.11. The summed E-state index contributed by atoms with van der Waals surface area (Å²) in [6, 6.07) is 7.75. The number of nitrogens with zero attached hydrogens (tertiary/aromatic N) is 4. The van der Waals surface area contributed by atoms with Crippen molar-refractivity contribution in [1.82, 2.24) is 24.8 Å². The molecule has 6 nitrogen and oxygen atoms in total. The molecule has 3 aromatic rings. The summed E-state index contributed by atoms with van der Waals surface area (Å²) in [5.41, 5.74) is 2.96. The Labute approximate surface area is 139 Å². The largest absolute Gasteiger partial charge is 0.342 e. The summed E-state index contributed by atoms with van der Waals surface area (Å²) < 4.78 is 0. The minimum Gasteiger partial charge on any atom is -0.342 e. The van der Waals surface area contributed by atoms with Gasteiger partial charge in [-0.1, -0.05) is 6.07 Å². The molecular formula is C18H17N5O. The molecule has 0 bridgehead atoms. The van der Waals surface area contributed by atoms with Gasteiger partial charge in [0.05, 0.1) is 11.9 Å². The molecule has 6 heteroatoms. The van der Waals surface area contributed by atoms with Crippen LogP contribution in [0.2, 0.25) is 0 Å². The molecule has 120 valence electrons. The van der Waals surface area contributed by atoms with Crippen molar-refractivity contribution in [3.05, 3.63) is 66.6 Å². The second-order valence-electron chi connectivity index (χ2n) is 5.96. The van der Waals surface area contributed by atoms with E-state index in [2.05, 4.69) is 19.9 Å². The number of imidazole rings is 1. The van der Waals surface area contributed by atoms with Gasteiger partial charge < -0.3 is 9.88 Å². The Hall–Kier alpha value is -3.02. The van der Waals surface area contributed by atoms with E-state index in [0.717, 1.165) is 22.6 Å². The van der Waals surface area contributed by atoms with Gasteiger partial charge >= 0.3 is 0 Å². The highest BCUT2D eigenvalue weighted by atomic mass is 16.2. The van der Waals surface area contributed by atoms with Crippen LogP contribution in [0.15, 0.2) is 55.2 Å². The zero-order valence-corrected chi connectivity index (χ0v) is 13.1. The van der Waals surface area contributed by atoms with Gasteiger partial charge in [0.2, 0.25) is 5.91 Å². The predicted octanol–water partition coefficient (Wildman–Crippen LogP) is 2.38. The summed E-state index contributed by atoms with van der Waals surface area (Å²) in [6.45, 7) is 1.27. The van der Waals surface area contributed by atoms with Crippen molar-refractivity contribution in [2.75, 3.05) is 6.54 Å². The quantitative estimate of drug-likeness (QED) is 0.801. The number of carbonyl (C=O) groups is 1. The van der Waals surface area contributed by atoms with E-state index in [-0.39, 0.29) is 11.8 Å². The van der Waals surface area contributed by atoms with Gasteiger partial charge in [-0.3, -0.25) is 14.8 Å². The summed E-state index contributed by atoms with van der Waals surface area (Å²) in [4.78, 5) is 30.2. The maximum Gasteiger partial charge on any atom is 0.223 e. The molecule has 1 amide bonds. The Morgan fingerprint density at radius 1 is 1.12 bits per heavy atom. The van der Waals surface area contributed by atoms with E-state index in [9.17, 15) is 4.79 Å². The standard InChI is InChI=1S/C18H17N5O/c24-17-7-15(12-23(17)11-13-3-1-5-19-8-13)18-21-10-16(22-18)14-4-2-6-20-9-14/h1-6,8-10,15H,7,11-12H2,(H,21,22). The average molecular weight is 319 g/mol. The number of hydrogen-bond donors (Lipinski definition) is 1. The number of aromatic amines is 1. The molecule has 0 aromatic carbocycles. The maximum absolute atomic E-state index is 12.3. The fourth-order valence-corrected chi connectivity index (χ4v) is 3.03. The molecule has 0 saturated carbocycles. The van der Waals surface area contributed by atoms with E-state index in [1.165, 1.54) is 0 Å². The number of aromatic nitrogens is 4. The van der Waals surface area contributed by atoms with Crippen molar-refractivity contribution in [2.45, 2.75) is 18.9 Å². The molecule has 1 N–H and O–H groups in total. The number of hydrogen-bond acceptors (Lipinski definition) is 4. The molecule has 0 spiro atoms. The van der Waals surface area contributed by atoms with E-state index >= 15 is 0 Å². The highest BCUT2D eigenvalue weighted by molar-refractivity contribution is 5.79. The molecule has 4 heterocycles. The van der Waals surface area contributed by atoms with E-state index in [1.54, 1.807) is 31.0 Å². The van der Waals surface area contributed by atoms with Crippen LogP contribution in [0.25, 0.3) is 11.3 Å².